The summed E-state index contributed by atoms with van der Waals surface area (Å²) in [6.07, 6.45) is 6.86. The molecule has 0 saturated carbocycles. The summed E-state index contributed by atoms with van der Waals surface area (Å²) < 4.78 is 38.2. The average Bonchev–Trinajstić information content (AvgIpc) is 2.52. The molecule has 23 heavy (non-hydrogen) atoms. The Hall–Kier alpha value is -2.07. The fourth-order valence-electron chi connectivity index (χ4n) is 1.90. The van der Waals surface area contributed by atoms with E-state index in [1.807, 2.05) is 36.4 Å². The first-order valence-corrected chi connectivity index (χ1v) is 8.36. The van der Waals surface area contributed by atoms with Gasteiger partial charge in [0.15, 0.2) is 0 Å². The van der Waals surface area contributed by atoms with E-state index in [2.05, 4.69) is 0 Å². The lowest BCUT2D eigenvalue weighted by molar-refractivity contribution is 0.0564. The van der Waals surface area contributed by atoms with Crippen molar-refractivity contribution in [2.24, 2.45) is 0 Å². The third-order valence-electron chi connectivity index (χ3n) is 3.09. The normalized spacial score (nSPS) is 13.0. The van der Waals surface area contributed by atoms with Gasteiger partial charge in [-0.15, -0.1) is 0 Å². The van der Waals surface area contributed by atoms with Crippen LogP contribution in [0.3, 0.4) is 0 Å². The van der Waals surface area contributed by atoms with E-state index in [0.717, 1.165) is 17.7 Å². The van der Waals surface area contributed by atoms with Gasteiger partial charge in [0.25, 0.3) is 0 Å². The van der Waals surface area contributed by atoms with Gasteiger partial charge in [0.05, 0.1) is 0 Å². The van der Waals surface area contributed by atoms with Gasteiger partial charge in [0, 0.05) is 5.56 Å². The van der Waals surface area contributed by atoms with E-state index in [0.29, 0.717) is 5.56 Å². The quantitative estimate of drug-likeness (QED) is 0.618. The van der Waals surface area contributed by atoms with E-state index in [1.54, 1.807) is 24.3 Å². The Kier molecular flexibility index (Phi) is 5.26. The molecule has 0 bridgehead atoms. The maximum Gasteiger partial charge on any atom is 0.399 e. The maximum absolute atomic E-state index is 13.7. The average molecular weight is 336 g/mol. The first-order chi connectivity index (χ1) is 10.8. The molecule has 0 saturated heterocycles. The molecule has 0 heterocycles. The molecule has 0 unspecified atom stereocenters. The van der Waals surface area contributed by atoms with Gasteiger partial charge in [-0.25, -0.2) is 0 Å². The summed E-state index contributed by atoms with van der Waals surface area (Å²) in [7, 11) is -5.55. The molecule has 0 amide bonds. The number of hydrogen-bond donors (Lipinski definition) is 2. The Morgan fingerprint density at radius 3 is 2.04 bits per heavy atom. The molecule has 0 aliphatic carbocycles. The van der Waals surface area contributed by atoms with Crippen molar-refractivity contribution in [1.29, 1.82) is 0 Å². The smallest absolute Gasteiger partial charge is 0.320 e. The Labute approximate surface area is 132 Å². The van der Waals surface area contributed by atoms with Crippen LogP contribution >= 0.6 is 7.60 Å². The molecular weight excluding hydrogens is 321 g/mol. The van der Waals surface area contributed by atoms with Crippen LogP contribution in [0.1, 0.15) is 16.7 Å². The van der Waals surface area contributed by atoms with Crippen molar-refractivity contribution in [1.82, 2.24) is 0 Å². The number of benzene rings is 2. The van der Waals surface area contributed by atoms with Crippen LogP contribution in [0.5, 0.6) is 0 Å². The second-order valence-electron chi connectivity index (χ2n) is 4.84. The second-order valence-corrected chi connectivity index (χ2v) is 6.49. The van der Waals surface area contributed by atoms with E-state index in [4.69, 9.17) is 9.79 Å². The monoisotopic (exact) mass is 336 g/mol. The summed E-state index contributed by atoms with van der Waals surface area (Å²) >= 11 is 0. The highest BCUT2D eigenvalue weighted by atomic mass is 31.2. The fraction of sp³-hybridized carbons (Fsp3) is 0.0588. The van der Waals surface area contributed by atoms with Gasteiger partial charge in [0.1, 0.15) is 0 Å². The zero-order valence-corrected chi connectivity index (χ0v) is 12.9. The maximum atomic E-state index is 13.7. The van der Waals surface area contributed by atoms with E-state index in [1.165, 1.54) is 6.07 Å². The molecule has 2 rings (SSSR count). The van der Waals surface area contributed by atoms with E-state index in [-0.39, 0.29) is 0 Å². The predicted octanol–water partition coefficient (Wildman–Crippen LogP) is 4.64. The van der Waals surface area contributed by atoms with E-state index in [9.17, 15) is 13.3 Å². The molecule has 3 nitrogen and oxygen atoms in total. The molecule has 0 atom stereocenters. The van der Waals surface area contributed by atoms with Gasteiger partial charge >= 0.3 is 13.3 Å². The van der Waals surface area contributed by atoms with Crippen LogP contribution in [0.25, 0.3) is 12.2 Å². The topological polar surface area (TPSA) is 57.5 Å². The molecule has 6 heteroatoms. The Morgan fingerprint density at radius 2 is 1.43 bits per heavy atom. The lowest BCUT2D eigenvalue weighted by Crippen LogP contribution is -2.13. The minimum absolute atomic E-state index is 0.424. The summed E-state index contributed by atoms with van der Waals surface area (Å²) in [5.41, 5.74) is -3.48. The van der Waals surface area contributed by atoms with Gasteiger partial charge < -0.3 is 9.79 Å². The molecule has 0 aliphatic heterocycles. The van der Waals surface area contributed by atoms with Crippen molar-refractivity contribution in [2.45, 2.75) is 5.66 Å². The van der Waals surface area contributed by atoms with Crippen molar-refractivity contribution in [3.05, 3.63) is 83.4 Å². The highest BCUT2D eigenvalue weighted by molar-refractivity contribution is 7.52. The van der Waals surface area contributed by atoms with Gasteiger partial charge in [0.2, 0.25) is 0 Å². The summed E-state index contributed by atoms with van der Waals surface area (Å²) in [6.45, 7) is 0. The minimum atomic E-state index is -5.55. The SMILES string of the molecule is O=P(O)(O)C(F)(F)c1cccc(/C=C\C=C\c2ccccc2)c1. The van der Waals surface area contributed by atoms with Crippen molar-refractivity contribution < 1.29 is 23.1 Å². The van der Waals surface area contributed by atoms with Crippen LogP contribution in [0.4, 0.5) is 8.78 Å². The van der Waals surface area contributed by atoms with Crippen molar-refractivity contribution >= 4 is 19.7 Å². The molecule has 0 aromatic heterocycles. The predicted molar refractivity (Wildman–Crippen MR) is 86.9 cm³/mol. The molecule has 2 aromatic carbocycles. The molecule has 0 aliphatic rings. The summed E-state index contributed by atoms with van der Waals surface area (Å²) in [4.78, 5) is 17.5. The van der Waals surface area contributed by atoms with Crippen LogP contribution < -0.4 is 0 Å². The number of allylic oxidation sites excluding steroid dienone is 2. The van der Waals surface area contributed by atoms with Gasteiger partial charge in [-0.1, -0.05) is 72.8 Å². The zero-order valence-electron chi connectivity index (χ0n) is 12.0. The van der Waals surface area contributed by atoms with Crippen LogP contribution in [-0.2, 0) is 10.2 Å². The first kappa shape index (κ1) is 17.3. The number of alkyl halides is 2. The van der Waals surface area contributed by atoms with Crippen LogP contribution in [0, 0.1) is 0 Å². The third kappa shape index (κ3) is 4.45. The molecule has 0 fully saturated rings. The standard InChI is InChI=1S/C17H15F2O3P/c18-17(19,23(20,21)22)16-12-6-11-15(13-16)10-5-4-9-14-7-2-1-3-8-14/h1-13H,(H2,20,21,22)/b9-4+,10-5-. The fourth-order valence-corrected chi connectivity index (χ4v) is 2.37. The molecule has 0 spiro atoms. The second kappa shape index (κ2) is 7.01. The Balaban J connectivity index is 2.16. The summed E-state index contributed by atoms with van der Waals surface area (Å²) in [5, 5.41) is 0. The molecular formula is C17H15F2O3P. The van der Waals surface area contributed by atoms with E-state index >= 15 is 0 Å². The van der Waals surface area contributed by atoms with Crippen molar-refractivity contribution in [2.75, 3.05) is 0 Å². The largest absolute Gasteiger partial charge is 0.399 e. The summed E-state index contributed by atoms with van der Waals surface area (Å²) in [5.74, 6) is 0. The van der Waals surface area contributed by atoms with Crippen molar-refractivity contribution in [3.63, 3.8) is 0 Å². The van der Waals surface area contributed by atoms with Crippen molar-refractivity contribution in [3.8, 4) is 0 Å². The Bertz CT molecular complexity index is 764. The van der Waals surface area contributed by atoms with Crippen LogP contribution in [-0.4, -0.2) is 9.79 Å². The lowest BCUT2D eigenvalue weighted by atomic mass is 10.1. The zero-order chi connectivity index (χ0) is 16.9. The number of hydrogen-bond acceptors (Lipinski definition) is 1. The van der Waals surface area contributed by atoms with Crippen LogP contribution in [0.15, 0.2) is 66.7 Å². The number of halogens is 2. The Morgan fingerprint density at radius 1 is 0.870 bits per heavy atom. The van der Waals surface area contributed by atoms with Gasteiger partial charge in [-0.05, 0) is 17.2 Å². The van der Waals surface area contributed by atoms with Crippen LogP contribution in [0.2, 0.25) is 0 Å². The van der Waals surface area contributed by atoms with Gasteiger partial charge in [-0.3, -0.25) is 4.57 Å². The molecule has 2 aromatic rings. The first-order valence-electron chi connectivity index (χ1n) is 6.74. The molecule has 120 valence electrons. The molecule has 2 N–H and O–H groups in total. The molecule has 0 radical (unpaired) electrons. The van der Waals surface area contributed by atoms with E-state index < -0.39 is 18.8 Å². The van der Waals surface area contributed by atoms with Gasteiger partial charge in [-0.2, -0.15) is 8.78 Å². The highest BCUT2D eigenvalue weighted by Crippen LogP contribution is 2.59. The number of rotatable bonds is 5. The minimum Gasteiger partial charge on any atom is -0.320 e. The lowest BCUT2D eigenvalue weighted by Gasteiger charge is -2.18. The third-order valence-corrected chi connectivity index (χ3v) is 4.08. The summed E-state index contributed by atoms with van der Waals surface area (Å²) in [6, 6.07) is 14.5. The highest BCUT2D eigenvalue weighted by Gasteiger charge is 2.50.